The molecule has 2 fully saturated rings. The highest BCUT2D eigenvalue weighted by Gasteiger charge is 2.27. The number of aromatic nitrogens is 3. The first kappa shape index (κ1) is 26.2. The zero-order chi connectivity index (χ0) is 26.3. The van der Waals surface area contributed by atoms with Crippen molar-refractivity contribution >= 4 is 5.97 Å². The number of rotatable bonds is 9. The van der Waals surface area contributed by atoms with E-state index in [-0.39, 0.29) is 18.2 Å². The average molecular weight is 519 g/mol. The molecule has 0 N–H and O–H groups in total. The van der Waals surface area contributed by atoms with Crippen LogP contribution in [0.15, 0.2) is 48.5 Å². The Kier molecular flexibility index (Phi) is 8.58. The maximum absolute atomic E-state index is 12.6. The van der Waals surface area contributed by atoms with E-state index in [0.717, 1.165) is 17.4 Å². The normalized spacial score (nSPS) is 17.3. The van der Waals surface area contributed by atoms with Crippen LogP contribution >= 0.6 is 0 Å². The number of nitrogens with zero attached hydrogens (tertiary/aromatic N) is 4. The molecule has 0 bridgehead atoms. The highest BCUT2D eigenvalue weighted by Crippen LogP contribution is 2.34. The van der Waals surface area contributed by atoms with Crippen LogP contribution in [0.2, 0.25) is 0 Å². The number of ether oxygens (including phenoxy) is 3. The number of carbonyl (C=O) groups is 1. The number of piperidine rings is 1. The molecule has 0 amide bonds. The van der Waals surface area contributed by atoms with E-state index in [2.05, 4.69) is 27.3 Å². The third-order valence-corrected chi connectivity index (χ3v) is 7.84. The van der Waals surface area contributed by atoms with Crippen LogP contribution < -0.4 is 9.47 Å². The number of hydrogen-bond acceptors (Lipinski definition) is 7. The Morgan fingerprint density at radius 3 is 2.26 bits per heavy atom. The lowest BCUT2D eigenvalue weighted by Gasteiger charge is -2.39. The second-order valence-corrected chi connectivity index (χ2v) is 10.2. The van der Waals surface area contributed by atoms with Crippen molar-refractivity contribution in [2.75, 3.05) is 26.8 Å². The molecule has 3 aromatic rings. The van der Waals surface area contributed by atoms with Crippen LogP contribution in [0.1, 0.15) is 79.4 Å². The Morgan fingerprint density at radius 1 is 0.921 bits per heavy atom. The largest absolute Gasteiger partial charge is 0.497 e. The van der Waals surface area contributed by atoms with Crippen molar-refractivity contribution in [3.63, 3.8) is 0 Å². The van der Waals surface area contributed by atoms with Gasteiger partial charge in [0.05, 0.1) is 20.3 Å². The Labute approximate surface area is 224 Å². The first-order chi connectivity index (χ1) is 18.6. The summed E-state index contributed by atoms with van der Waals surface area (Å²) in [4.78, 5) is 15.3. The standard InChI is InChI=1S/C30H38N4O4/c1-3-37-30(35)28-29(34(32-31-28)21-22-9-13-26(36-2)14-10-22)38-27-15-11-23(12-16-27)24-17-19-33(20-18-24)25-7-5-4-6-8-25/h9-16,24-25H,3-8,17-21H2,1-2H3. The van der Waals surface area contributed by atoms with Gasteiger partial charge in [0.2, 0.25) is 5.69 Å². The molecule has 0 atom stereocenters. The molecule has 1 saturated carbocycles. The minimum absolute atomic E-state index is 0.0690. The van der Waals surface area contributed by atoms with Crippen molar-refractivity contribution in [1.82, 2.24) is 19.9 Å². The van der Waals surface area contributed by atoms with Crippen LogP contribution in [0.25, 0.3) is 0 Å². The topological polar surface area (TPSA) is 78.7 Å². The van der Waals surface area contributed by atoms with Gasteiger partial charge in [-0.3, -0.25) is 0 Å². The Hall–Kier alpha value is -3.39. The van der Waals surface area contributed by atoms with Crippen molar-refractivity contribution in [3.05, 3.63) is 65.4 Å². The zero-order valence-corrected chi connectivity index (χ0v) is 22.5. The number of esters is 1. The molecule has 0 radical (unpaired) electrons. The smallest absolute Gasteiger partial charge is 0.364 e. The summed E-state index contributed by atoms with van der Waals surface area (Å²) >= 11 is 0. The highest BCUT2D eigenvalue weighted by atomic mass is 16.5. The van der Waals surface area contributed by atoms with Crippen molar-refractivity contribution in [2.24, 2.45) is 0 Å². The summed E-state index contributed by atoms with van der Waals surface area (Å²) in [5, 5.41) is 8.28. The van der Waals surface area contributed by atoms with Crippen molar-refractivity contribution in [2.45, 2.75) is 70.4 Å². The van der Waals surface area contributed by atoms with Crippen molar-refractivity contribution < 1.29 is 19.0 Å². The third-order valence-electron chi connectivity index (χ3n) is 7.84. The molecule has 2 heterocycles. The van der Waals surface area contributed by atoms with Crippen LogP contribution in [0, 0.1) is 0 Å². The Bertz CT molecular complexity index is 1180. The molecule has 8 heteroatoms. The molecule has 0 spiro atoms. The van der Waals surface area contributed by atoms with Crippen LogP contribution in [-0.4, -0.2) is 58.7 Å². The number of methoxy groups -OCH3 is 1. The van der Waals surface area contributed by atoms with Gasteiger partial charge in [-0.1, -0.05) is 48.7 Å². The maximum Gasteiger partial charge on any atom is 0.364 e. The number of carbonyl (C=O) groups excluding carboxylic acids is 1. The zero-order valence-electron chi connectivity index (χ0n) is 22.5. The fourth-order valence-electron chi connectivity index (χ4n) is 5.70. The summed E-state index contributed by atoms with van der Waals surface area (Å²) in [6, 6.07) is 16.7. The van der Waals surface area contributed by atoms with Gasteiger partial charge in [-0.2, -0.15) is 0 Å². The second kappa shape index (κ2) is 12.4. The van der Waals surface area contributed by atoms with E-state index in [1.165, 1.54) is 63.6 Å². The number of hydrogen-bond donors (Lipinski definition) is 0. The lowest BCUT2D eigenvalue weighted by molar-refractivity contribution is 0.0516. The molecular weight excluding hydrogens is 480 g/mol. The van der Waals surface area contributed by atoms with E-state index in [1.54, 1.807) is 18.7 Å². The Balaban J connectivity index is 1.27. The van der Waals surface area contributed by atoms with Crippen LogP contribution in [0.5, 0.6) is 17.4 Å². The van der Waals surface area contributed by atoms with E-state index in [1.807, 2.05) is 36.4 Å². The number of benzene rings is 2. The SMILES string of the molecule is CCOC(=O)c1nnn(Cc2ccc(OC)cc2)c1Oc1ccc(C2CCN(C3CCCCC3)CC2)cc1. The van der Waals surface area contributed by atoms with Gasteiger partial charge in [-0.15, -0.1) is 5.10 Å². The summed E-state index contributed by atoms with van der Waals surface area (Å²) in [6.45, 7) is 4.78. The molecule has 2 aliphatic rings. The van der Waals surface area contributed by atoms with Crippen molar-refractivity contribution in [1.29, 1.82) is 0 Å². The van der Waals surface area contributed by atoms with Gasteiger partial charge in [0.25, 0.3) is 5.88 Å². The van der Waals surface area contributed by atoms with Gasteiger partial charge < -0.3 is 19.1 Å². The second-order valence-electron chi connectivity index (χ2n) is 10.2. The maximum atomic E-state index is 12.6. The molecule has 2 aromatic carbocycles. The predicted octanol–water partition coefficient (Wildman–Crippen LogP) is 5.82. The van der Waals surface area contributed by atoms with E-state index < -0.39 is 5.97 Å². The lowest BCUT2D eigenvalue weighted by Crippen LogP contribution is -2.41. The van der Waals surface area contributed by atoms with Crippen molar-refractivity contribution in [3.8, 4) is 17.4 Å². The van der Waals surface area contributed by atoms with Gasteiger partial charge in [0, 0.05) is 6.04 Å². The molecule has 8 nitrogen and oxygen atoms in total. The lowest BCUT2D eigenvalue weighted by atomic mass is 9.87. The van der Waals surface area contributed by atoms with Gasteiger partial charge >= 0.3 is 5.97 Å². The summed E-state index contributed by atoms with van der Waals surface area (Å²) in [5.74, 6) is 1.70. The molecule has 5 rings (SSSR count). The molecule has 1 saturated heterocycles. The summed E-state index contributed by atoms with van der Waals surface area (Å²) in [7, 11) is 1.63. The molecule has 202 valence electrons. The summed E-state index contributed by atoms with van der Waals surface area (Å²) < 4.78 is 18.2. The minimum Gasteiger partial charge on any atom is -0.497 e. The summed E-state index contributed by atoms with van der Waals surface area (Å²) in [6.07, 6.45) is 9.31. The molecule has 0 unspecified atom stereocenters. The van der Waals surface area contributed by atoms with E-state index in [0.29, 0.717) is 18.2 Å². The van der Waals surface area contributed by atoms with Crippen LogP contribution in [0.4, 0.5) is 0 Å². The van der Waals surface area contributed by atoms with Gasteiger partial charge in [-0.05, 0) is 87.0 Å². The van der Waals surface area contributed by atoms with E-state index in [4.69, 9.17) is 14.2 Å². The minimum atomic E-state index is -0.551. The molecule has 1 aliphatic heterocycles. The third kappa shape index (κ3) is 6.18. The average Bonchev–Trinajstić information content (AvgIpc) is 3.36. The van der Waals surface area contributed by atoms with Gasteiger partial charge in [-0.25, -0.2) is 9.48 Å². The Morgan fingerprint density at radius 2 is 1.61 bits per heavy atom. The monoisotopic (exact) mass is 518 g/mol. The fraction of sp³-hybridized carbons (Fsp3) is 0.500. The first-order valence-corrected chi connectivity index (χ1v) is 13.9. The quantitative estimate of drug-likeness (QED) is 0.331. The molecule has 38 heavy (non-hydrogen) atoms. The van der Waals surface area contributed by atoms with Gasteiger partial charge in [0.15, 0.2) is 0 Å². The molecule has 1 aliphatic carbocycles. The van der Waals surface area contributed by atoms with E-state index in [9.17, 15) is 4.79 Å². The predicted molar refractivity (Wildman–Crippen MR) is 145 cm³/mol. The molecular formula is C30H38N4O4. The van der Waals surface area contributed by atoms with Gasteiger partial charge in [0.1, 0.15) is 11.5 Å². The fourth-order valence-corrected chi connectivity index (χ4v) is 5.70. The van der Waals surface area contributed by atoms with Crippen LogP contribution in [-0.2, 0) is 11.3 Å². The first-order valence-electron chi connectivity index (χ1n) is 13.9. The molecule has 1 aromatic heterocycles. The van der Waals surface area contributed by atoms with E-state index >= 15 is 0 Å². The van der Waals surface area contributed by atoms with Crippen LogP contribution in [0.3, 0.4) is 0 Å². The highest BCUT2D eigenvalue weighted by molar-refractivity contribution is 5.89. The summed E-state index contributed by atoms with van der Waals surface area (Å²) in [5.41, 5.74) is 2.39. The number of likely N-dealkylation sites (tertiary alicyclic amines) is 1.